The zero-order valence-electron chi connectivity index (χ0n) is 16.5. The molecule has 0 bridgehead atoms. The molecule has 1 aromatic carbocycles. The number of benzene rings is 1. The Hall–Kier alpha value is -1.70. The number of sulfonamides is 1. The van der Waals surface area contributed by atoms with Crippen LogP contribution in [0.5, 0.6) is 0 Å². The van der Waals surface area contributed by atoms with Crippen molar-refractivity contribution in [3.8, 4) is 0 Å². The molecule has 1 unspecified atom stereocenters. The minimum atomic E-state index is -3.67. The highest BCUT2D eigenvalue weighted by Crippen LogP contribution is 2.27. The molecule has 0 aliphatic carbocycles. The van der Waals surface area contributed by atoms with Gasteiger partial charge in [0.25, 0.3) is 0 Å². The number of likely N-dealkylation sites (tertiary alicyclic amines) is 1. The summed E-state index contributed by atoms with van der Waals surface area (Å²) < 4.78 is 33.5. The molecule has 1 aliphatic rings. The summed E-state index contributed by atoms with van der Waals surface area (Å²) in [5.74, 6) is 1.04. The Balaban J connectivity index is 1.82. The van der Waals surface area contributed by atoms with Crippen LogP contribution in [0.3, 0.4) is 0 Å². The molecule has 0 spiro atoms. The van der Waals surface area contributed by atoms with Gasteiger partial charge in [-0.05, 0) is 58.2 Å². The van der Waals surface area contributed by atoms with Gasteiger partial charge in [0, 0.05) is 12.6 Å². The summed E-state index contributed by atoms with van der Waals surface area (Å²) in [5, 5.41) is 3.77. The Labute approximate surface area is 162 Å². The molecule has 1 N–H and O–H groups in total. The number of hydrogen-bond acceptors (Lipinski definition) is 5. The number of nitrogens with one attached hydrogen (secondary N) is 1. The molecule has 148 valence electrons. The lowest BCUT2D eigenvalue weighted by Crippen LogP contribution is -2.42. The second-order valence-electron chi connectivity index (χ2n) is 7.65. The highest BCUT2D eigenvalue weighted by atomic mass is 32.2. The van der Waals surface area contributed by atoms with Crippen LogP contribution >= 0.6 is 0 Å². The zero-order chi connectivity index (χ0) is 19.6. The lowest BCUT2D eigenvalue weighted by atomic mass is 9.95. The number of rotatable bonds is 6. The molecule has 2 heterocycles. The quantitative estimate of drug-likeness (QED) is 0.817. The van der Waals surface area contributed by atoms with Crippen LogP contribution < -0.4 is 4.72 Å². The monoisotopic (exact) mass is 391 g/mol. The van der Waals surface area contributed by atoms with Gasteiger partial charge in [-0.25, -0.2) is 13.1 Å². The van der Waals surface area contributed by atoms with E-state index in [9.17, 15) is 8.42 Å². The largest absolute Gasteiger partial charge is 0.360 e. The molecule has 7 heteroatoms. The lowest BCUT2D eigenvalue weighted by molar-refractivity contribution is 0.139. The van der Waals surface area contributed by atoms with E-state index in [1.807, 2.05) is 0 Å². The Morgan fingerprint density at radius 3 is 2.37 bits per heavy atom. The van der Waals surface area contributed by atoms with Crippen molar-refractivity contribution in [2.75, 3.05) is 19.6 Å². The summed E-state index contributed by atoms with van der Waals surface area (Å²) in [5.41, 5.74) is 2.72. The third-order valence-corrected chi connectivity index (χ3v) is 7.09. The maximum absolute atomic E-state index is 12.8. The number of hydrogen-bond donors (Lipinski definition) is 1. The lowest BCUT2D eigenvalue weighted by Gasteiger charge is -2.37. The van der Waals surface area contributed by atoms with E-state index in [0.717, 1.165) is 37.4 Å². The fourth-order valence-corrected chi connectivity index (χ4v) is 5.07. The van der Waals surface area contributed by atoms with Crippen LogP contribution in [-0.4, -0.2) is 38.1 Å². The summed E-state index contributed by atoms with van der Waals surface area (Å²) in [6.45, 7) is 9.88. The number of aryl methyl sites for hydroxylation is 3. The smallest absolute Gasteiger partial charge is 0.246 e. The van der Waals surface area contributed by atoms with Crippen LogP contribution in [0.4, 0.5) is 0 Å². The average molecular weight is 392 g/mol. The first-order valence-electron chi connectivity index (χ1n) is 9.51. The SMILES string of the molecule is Cc1ccc(C(CNS(=O)(=O)c2c(C)noc2C)N2CCC(C)CC2)cc1. The Bertz CT molecular complexity index is 847. The van der Waals surface area contributed by atoms with Gasteiger partial charge in [0.05, 0.1) is 0 Å². The van der Waals surface area contributed by atoms with Crippen LogP contribution in [0, 0.1) is 26.7 Å². The van der Waals surface area contributed by atoms with Gasteiger partial charge in [-0.1, -0.05) is 41.9 Å². The van der Waals surface area contributed by atoms with E-state index < -0.39 is 10.0 Å². The Morgan fingerprint density at radius 1 is 1.19 bits per heavy atom. The Kier molecular flexibility index (Phi) is 6.03. The van der Waals surface area contributed by atoms with Crippen LogP contribution in [0.25, 0.3) is 0 Å². The normalized spacial score (nSPS) is 17.9. The molecule has 1 atom stereocenters. The third-order valence-electron chi connectivity index (χ3n) is 5.42. The van der Waals surface area contributed by atoms with E-state index in [-0.39, 0.29) is 10.9 Å². The van der Waals surface area contributed by atoms with Crippen molar-refractivity contribution in [2.24, 2.45) is 5.92 Å². The maximum Gasteiger partial charge on any atom is 0.246 e. The molecule has 1 aliphatic heterocycles. The zero-order valence-corrected chi connectivity index (χ0v) is 17.3. The van der Waals surface area contributed by atoms with Gasteiger partial charge in [0.15, 0.2) is 5.76 Å². The van der Waals surface area contributed by atoms with E-state index in [4.69, 9.17) is 4.52 Å². The summed E-state index contributed by atoms with van der Waals surface area (Å²) >= 11 is 0. The molecular weight excluding hydrogens is 362 g/mol. The van der Waals surface area contributed by atoms with Gasteiger partial charge in [-0.2, -0.15) is 0 Å². The van der Waals surface area contributed by atoms with E-state index in [1.165, 1.54) is 5.56 Å². The van der Waals surface area contributed by atoms with Crippen LogP contribution in [0.15, 0.2) is 33.7 Å². The first-order valence-corrected chi connectivity index (χ1v) is 11.0. The van der Waals surface area contributed by atoms with Crippen LogP contribution in [0.1, 0.15) is 48.4 Å². The molecule has 6 nitrogen and oxygen atoms in total. The van der Waals surface area contributed by atoms with Crippen molar-refractivity contribution in [3.63, 3.8) is 0 Å². The average Bonchev–Trinajstić information content (AvgIpc) is 2.97. The second kappa shape index (κ2) is 8.12. The van der Waals surface area contributed by atoms with Gasteiger partial charge in [-0.3, -0.25) is 4.90 Å². The van der Waals surface area contributed by atoms with Crippen molar-refractivity contribution in [1.29, 1.82) is 0 Å². The molecule has 27 heavy (non-hydrogen) atoms. The summed E-state index contributed by atoms with van der Waals surface area (Å²) in [7, 11) is -3.67. The predicted molar refractivity (Wildman–Crippen MR) is 105 cm³/mol. The fourth-order valence-electron chi connectivity index (χ4n) is 3.71. The Morgan fingerprint density at radius 2 is 1.81 bits per heavy atom. The van der Waals surface area contributed by atoms with E-state index >= 15 is 0 Å². The van der Waals surface area contributed by atoms with Crippen molar-refractivity contribution >= 4 is 10.0 Å². The third kappa shape index (κ3) is 4.59. The van der Waals surface area contributed by atoms with Gasteiger partial charge in [-0.15, -0.1) is 0 Å². The second-order valence-corrected chi connectivity index (χ2v) is 9.35. The van der Waals surface area contributed by atoms with Crippen LogP contribution in [-0.2, 0) is 10.0 Å². The molecule has 2 aromatic rings. The molecule has 1 saturated heterocycles. The van der Waals surface area contributed by atoms with Gasteiger partial charge in [0.1, 0.15) is 10.6 Å². The number of nitrogens with zero attached hydrogens (tertiary/aromatic N) is 2. The van der Waals surface area contributed by atoms with Gasteiger partial charge >= 0.3 is 0 Å². The predicted octanol–water partition coefficient (Wildman–Crippen LogP) is 3.35. The molecule has 0 saturated carbocycles. The first kappa shape index (κ1) is 20.0. The van der Waals surface area contributed by atoms with E-state index in [1.54, 1.807) is 13.8 Å². The van der Waals surface area contributed by atoms with Crippen LogP contribution in [0.2, 0.25) is 0 Å². The summed E-state index contributed by atoms with van der Waals surface area (Å²) in [6, 6.07) is 8.37. The standard InChI is InChI=1S/C20H29N3O3S/c1-14-5-7-18(8-6-14)19(23-11-9-15(2)10-12-23)13-21-27(24,25)20-16(3)22-26-17(20)4/h5-8,15,19,21H,9-13H2,1-4H3. The number of piperidine rings is 1. The minimum absolute atomic E-state index is 0.00773. The molecule has 0 radical (unpaired) electrons. The van der Waals surface area contributed by atoms with Crippen molar-refractivity contribution in [2.45, 2.75) is 51.5 Å². The number of aromatic nitrogens is 1. The topological polar surface area (TPSA) is 75.4 Å². The summed E-state index contributed by atoms with van der Waals surface area (Å²) in [6.07, 6.45) is 2.28. The van der Waals surface area contributed by atoms with Crippen molar-refractivity contribution in [3.05, 3.63) is 46.8 Å². The highest BCUT2D eigenvalue weighted by molar-refractivity contribution is 7.89. The van der Waals surface area contributed by atoms with E-state index in [0.29, 0.717) is 18.0 Å². The molecule has 1 fully saturated rings. The molecule has 3 rings (SSSR count). The van der Waals surface area contributed by atoms with Gasteiger partial charge < -0.3 is 4.52 Å². The fraction of sp³-hybridized carbons (Fsp3) is 0.550. The minimum Gasteiger partial charge on any atom is -0.360 e. The van der Waals surface area contributed by atoms with Gasteiger partial charge in [0.2, 0.25) is 10.0 Å². The highest BCUT2D eigenvalue weighted by Gasteiger charge is 2.29. The van der Waals surface area contributed by atoms with Crippen molar-refractivity contribution < 1.29 is 12.9 Å². The van der Waals surface area contributed by atoms with E-state index in [2.05, 4.69) is 52.9 Å². The van der Waals surface area contributed by atoms with Crippen molar-refractivity contribution in [1.82, 2.24) is 14.8 Å². The molecule has 0 amide bonds. The first-order chi connectivity index (χ1) is 12.8. The molecular formula is C20H29N3O3S. The molecule has 1 aromatic heterocycles. The summed E-state index contributed by atoms with van der Waals surface area (Å²) in [4.78, 5) is 2.54. The maximum atomic E-state index is 12.8.